The third-order valence-electron chi connectivity index (χ3n) is 3.32. The smallest absolute Gasteiger partial charge is 0.227 e. The number of aliphatic hydroxyl groups is 1. The molecule has 1 saturated heterocycles. The van der Waals surface area contributed by atoms with E-state index in [0.29, 0.717) is 44.1 Å². The first-order chi connectivity index (χ1) is 9.72. The lowest BCUT2D eigenvalue weighted by Crippen LogP contribution is -2.29. The number of carbonyl (C=O) groups excluding carboxylic acids is 1. The minimum atomic E-state index is -0.393. The highest BCUT2D eigenvalue weighted by Crippen LogP contribution is 2.17. The van der Waals surface area contributed by atoms with Gasteiger partial charge in [0.25, 0.3) is 0 Å². The maximum absolute atomic E-state index is 11.9. The standard InChI is InChI=1S/C13H15N3O4/c17-10-3-5-16(7-10)12(18)2-1-11-14-13(15-20-11)9-4-6-19-8-9/h4,6,8,10,17H,1-3,5,7H2/t10-/m1/s1. The van der Waals surface area contributed by atoms with Gasteiger partial charge in [-0.2, -0.15) is 4.98 Å². The zero-order valence-electron chi connectivity index (χ0n) is 10.9. The predicted octanol–water partition coefficient (Wildman–Crippen LogP) is 0.855. The second-order valence-electron chi connectivity index (χ2n) is 4.81. The Hall–Kier alpha value is -2.15. The summed E-state index contributed by atoms with van der Waals surface area (Å²) in [7, 11) is 0. The zero-order valence-corrected chi connectivity index (χ0v) is 10.9. The summed E-state index contributed by atoms with van der Waals surface area (Å²) in [5.41, 5.74) is 0.744. The van der Waals surface area contributed by atoms with E-state index in [9.17, 15) is 9.90 Å². The van der Waals surface area contributed by atoms with Crippen LogP contribution in [0.15, 0.2) is 27.5 Å². The van der Waals surface area contributed by atoms with E-state index in [1.807, 2.05) is 0 Å². The van der Waals surface area contributed by atoms with Crippen LogP contribution >= 0.6 is 0 Å². The monoisotopic (exact) mass is 277 g/mol. The van der Waals surface area contributed by atoms with Crippen molar-refractivity contribution in [1.82, 2.24) is 15.0 Å². The molecule has 0 spiro atoms. The molecule has 2 aromatic rings. The highest BCUT2D eigenvalue weighted by molar-refractivity contribution is 5.76. The van der Waals surface area contributed by atoms with E-state index in [1.165, 1.54) is 12.5 Å². The van der Waals surface area contributed by atoms with Crippen molar-refractivity contribution in [3.63, 3.8) is 0 Å². The van der Waals surface area contributed by atoms with Gasteiger partial charge in [-0.1, -0.05) is 5.16 Å². The maximum atomic E-state index is 11.9. The van der Waals surface area contributed by atoms with Crippen molar-refractivity contribution in [2.24, 2.45) is 0 Å². The summed E-state index contributed by atoms with van der Waals surface area (Å²) in [6.07, 6.45) is 4.03. The van der Waals surface area contributed by atoms with Gasteiger partial charge in [-0.25, -0.2) is 0 Å². The number of aliphatic hydroxyl groups excluding tert-OH is 1. The van der Waals surface area contributed by atoms with Crippen molar-refractivity contribution in [3.05, 3.63) is 24.5 Å². The van der Waals surface area contributed by atoms with Crippen molar-refractivity contribution in [2.75, 3.05) is 13.1 Å². The van der Waals surface area contributed by atoms with Crippen LogP contribution in [0.3, 0.4) is 0 Å². The molecule has 3 rings (SSSR count). The summed E-state index contributed by atoms with van der Waals surface area (Å²) in [5, 5.41) is 13.2. The highest BCUT2D eigenvalue weighted by Gasteiger charge is 2.24. The molecule has 1 N–H and O–H groups in total. The quantitative estimate of drug-likeness (QED) is 0.890. The first-order valence-corrected chi connectivity index (χ1v) is 6.53. The Kier molecular flexibility index (Phi) is 3.51. The molecule has 3 heterocycles. The Morgan fingerprint density at radius 1 is 1.55 bits per heavy atom. The summed E-state index contributed by atoms with van der Waals surface area (Å²) in [5.74, 6) is 0.886. The van der Waals surface area contributed by atoms with Gasteiger partial charge in [-0.15, -0.1) is 0 Å². The molecule has 0 bridgehead atoms. The van der Waals surface area contributed by atoms with Crippen LogP contribution in [0.25, 0.3) is 11.4 Å². The average molecular weight is 277 g/mol. The maximum Gasteiger partial charge on any atom is 0.227 e. The summed E-state index contributed by atoms with van der Waals surface area (Å²) >= 11 is 0. The lowest BCUT2D eigenvalue weighted by Gasteiger charge is -2.14. The second kappa shape index (κ2) is 5.46. The summed E-state index contributed by atoms with van der Waals surface area (Å²) < 4.78 is 10.0. The Morgan fingerprint density at radius 2 is 2.45 bits per heavy atom. The van der Waals surface area contributed by atoms with Crippen LogP contribution in [0.5, 0.6) is 0 Å². The molecule has 0 aromatic carbocycles. The molecule has 1 amide bonds. The number of aryl methyl sites for hydroxylation is 1. The Balaban J connectivity index is 1.55. The molecule has 0 radical (unpaired) electrons. The van der Waals surface area contributed by atoms with E-state index in [0.717, 1.165) is 5.56 Å². The Morgan fingerprint density at radius 3 is 3.15 bits per heavy atom. The van der Waals surface area contributed by atoms with Gasteiger partial charge in [0.1, 0.15) is 6.26 Å². The minimum absolute atomic E-state index is 0.00427. The fourth-order valence-corrected chi connectivity index (χ4v) is 2.21. The van der Waals surface area contributed by atoms with E-state index in [4.69, 9.17) is 8.94 Å². The number of nitrogens with zero attached hydrogens (tertiary/aromatic N) is 3. The van der Waals surface area contributed by atoms with Gasteiger partial charge in [-0.05, 0) is 12.5 Å². The van der Waals surface area contributed by atoms with E-state index in [2.05, 4.69) is 10.1 Å². The molecule has 1 aliphatic rings. The van der Waals surface area contributed by atoms with Gasteiger partial charge < -0.3 is 18.9 Å². The number of hydrogen-bond acceptors (Lipinski definition) is 6. The van der Waals surface area contributed by atoms with Gasteiger partial charge >= 0.3 is 0 Å². The Bertz CT molecular complexity index is 578. The highest BCUT2D eigenvalue weighted by atomic mass is 16.5. The largest absolute Gasteiger partial charge is 0.472 e. The summed E-state index contributed by atoms with van der Waals surface area (Å²) in [6.45, 7) is 1.03. The predicted molar refractivity (Wildman–Crippen MR) is 67.5 cm³/mol. The van der Waals surface area contributed by atoms with Crippen molar-refractivity contribution in [3.8, 4) is 11.4 Å². The van der Waals surface area contributed by atoms with Crippen LogP contribution in [0.4, 0.5) is 0 Å². The van der Waals surface area contributed by atoms with Gasteiger partial charge in [-0.3, -0.25) is 4.79 Å². The lowest BCUT2D eigenvalue weighted by molar-refractivity contribution is -0.130. The molecule has 20 heavy (non-hydrogen) atoms. The molecule has 2 aromatic heterocycles. The van der Waals surface area contributed by atoms with Crippen molar-refractivity contribution in [1.29, 1.82) is 0 Å². The third-order valence-corrected chi connectivity index (χ3v) is 3.32. The van der Waals surface area contributed by atoms with Crippen LogP contribution in [-0.2, 0) is 11.2 Å². The molecule has 7 heteroatoms. The van der Waals surface area contributed by atoms with Crippen LogP contribution < -0.4 is 0 Å². The van der Waals surface area contributed by atoms with E-state index in [-0.39, 0.29) is 5.91 Å². The van der Waals surface area contributed by atoms with Crippen molar-refractivity contribution in [2.45, 2.75) is 25.4 Å². The minimum Gasteiger partial charge on any atom is -0.472 e. The third kappa shape index (κ3) is 2.72. The van der Waals surface area contributed by atoms with E-state index >= 15 is 0 Å². The van der Waals surface area contributed by atoms with Gasteiger partial charge in [0.2, 0.25) is 17.6 Å². The fourth-order valence-electron chi connectivity index (χ4n) is 2.21. The van der Waals surface area contributed by atoms with Crippen LogP contribution in [0.2, 0.25) is 0 Å². The number of amides is 1. The number of hydrogen-bond donors (Lipinski definition) is 1. The molecule has 0 unspecified atom stereocenters. The second-order valence-corrected chi connectivity index (χ2v) is 4.81. The molecule has 1 fully saturated rings. The first kappa shape index (κ1) is 12.9. The SMILES string of the molecule is O=C(CCc1nc(-c2ccoc2)no1)N1CC[C@@H](O)C1. The van der Waals surface area contributed by atoms with Gasteiger partial charge in [0.15, 0.2) is 0 Å². The fraction of sp³-hybridized carbons (Fsp3) is 0.462. The van der Waals surface area contributed by atoms with Crippen LogP contribution in [0, 0.1) is 0 Å². The van der Waals surface area contributed by atoms with Crippen LogP contribution in [0.1, 0.15) is 18.7 Å². The molecule has 1 aliphatic heterocycles. The zero-order chi connectivity index (χ0) is 13.9. The lowest BCUT2D eigenvalue weighted by atomic mass is 10.2. The number of likely N-dealkylation sites (tertiary alicyclic amines) is 1. The number of furan rings is 1. The number of carbonyl (C=O) groups is 1. The van der Waals surface area contributed by atoms with E-state index in [1.54, 1.807) is 11.0 Å². The molecular weight excluding hydrogens is 262 g/mol. The van der Waals surface area contributed by atoms with Gasteiger partial charge in [0.05, 0.1) is 17.9 Å². The molecule has 1 atom stereocenters. The molecule has 0 saturated carbocycles. The first-order valence-electron chi connectivity index (χ1n) is 6.53. The average Bonchev–Trinajstić information content (AvgIpc) is 3.16. The molecule has 106 valence electrons. The molecular formula is C13H15N3O4. The summed E-state index contributed by atoms with van der Waals surface area (Å²) in [4.78, 5) is 17.8. The van der Waals surface area contributed by atoms with Crippen LogP contribution in [-0.4, -0.2) is 45.2 Å². The number of rotatable bonds is 4. The van der Waals surface area contributed by atoms with Gasteiger partial charge in [0, 0.05) is 25.9 Å². The molecule has 0 aliphatic carbocycles. The number of aromatic nitrogens is 2. The van der Waals surface area contributed by atoms with E-state index < -0.39 is 6.10 Å². The normalized spacial score (nSPS) is 18.6. The van der Waals surface area contributed by atoms with Crippen molar-refractivity contribution < 1.29 is 18.8 Å². The summed E-state index contributed by atoms with van der Waals surface area (Å²) in [6, 6.07) is 1.74. The Labute approximate surface area is 115 Å². The molecule has 7 nitrogen and oxygen atoms in total. The topological polar surface area (TPSA) is 92.6 Å². The van der Waals surface area contributed by atoms with Crippen molar-refractivity contribution >= 4 is 5.91 Å². The number of β-amino-alcohol motifs (C(OH)–C–C–N with tert-alkyl or cyclic N) is 1.